The summed E-state index contributed by atoms with van der Waals surface area (Å²) in [5.74, 6) is 1.33. The summed E-state index contributed by atoms with van der Waals surface area (Å²) in [6, 6.07) is 0. The smallest absolute Gasteiger partial charge is 0.137 e. The number of hydrogen-bond acceptors (Lipinski definition) is 2. The van der Waals surface area contributed by atoms with Crippen LogP contribution in [0.5, 0.6) is 0 Å². The number of fused-ring (bicyclic) bond motifs is 5. The van der Waals surface area contributed by atoms with E-state index in [9.17, 15) is 9.90 Å². The van der Waals surface area contributed by atoms with E-state index in [-0.39, 0.29) is 17.9 Å². The van der Waals surface area contributed by atoms with E-state index >= 15 is 0 Å². The summed E-state index contributed by atoms with van der Waals surface area (Å²) in [5, 5.41) is 11.0. The van der Waals surface area contributed by atoms with Gasteiger partial charge in [-0.25, -0.2) is 0 Å². The molecule has 3 fully saturated rings. The molecule has 3 aliphatic rings. The van der Waals surface area contributed by atoms with E-state index in [2.05, 4.69) is 0 Å². The van der Waals surface area contributed by atoms with Crippen LogP contribution in [-0.4, -0.2) is 17.0 Å². The lowest BCUT2D eigenvalue weighted by Gasteiger charge is -2.36. The minimum absolute atomic E-state index is 0.0752. The van der Waals surface area contributed by atoms with Crippen LogP contribution in [0.3, 0.4) is 0 Å². The summed E-state index contributed by atoms with van der Waals surface area (Å²) < 4.78 is 0. The highest BCUT2D eigenvalue weighted by atomic mass is 35.5. The number of aliphatic hydroxyl groups is 1. The molecule has 0 aromatic heterocycles. The summed E-state index contributed by atoms with van der Waals surface area (Å²) in [6.45, 7) is 1.93. The Morgan fingerprint density at radius 1 is 1.31 bits per heavy atom. The minimum atomic E-state index is -0.288. The van der Waals surface area contributed by atoms with Crippen molar-refractivity contribution in [1.82, 2.24) is 0 Å². The van der Waals surface area contributed by atoms with Gasteiger partial charge >= 0.3 is 0 Å². The maximum Gasteiger partial charge on any atom is 0.137 e. The van der Waals surface area contributed by atoms with Gasteiger partial charge in [-0.1, -0.05) is 11.6 Å². The van der Waals surface area contributed by atoms with Gasteiger partial charge in [0.1, 0.15) is 5.78 Å². The fraction of sp³-hybridized carbons (Fsp3) is 0.769. The first-order chi connectivity index (χ1) is 7.61. The van der Waals surface area contributed by atoms with Crippen molar-refractivity contribution < 1.29 is 9.90 Å². The summed E-state index contributed by atoms with van der Waals surface area (Å²) in [7, 11) is 0. The molecule has 2 bridgehead atoms. The van der Waals surface area contributed by atoms with Crippen LogP contribution in [0.1, 0.15) is 32.6 Å². The maximum atomic E-state index is 12.0. The Balaban J connectivity index is 2.04. The molecule has 0 unspecified atom stereocenters. The predicted molar refractivity (Wildman–Crippen MR) is 62.0 cm³/mol. The molecule has 0 heterocycles. The Hall–Kier alpha value is -0.340. The number of halogens is 1. The molecule has 88 valence electrons. The van der Waals surface area contributed by atoms with Crippen molar-refractivity contribution in [2.45, 2.75) is 38.7 Å². The molecule has 5 atom stereocenters. The van der Waals surface area contributed by atoms with Crippen LogP contribution in [0.15, 0.2) is 10.6 Å². The molecule has 3 aliphatic carbocycles. The second kappa shape index (κ2) is 3.58. The van der Waals surface area contributed by atoms with E-state index in [0.717, 1.165) is 17.9 Å². The molecule has 0 saturated heterocycles. The van der Waals surface area contributed by atoms with Crippen molar-refractivity contribution in [3.63, 3.8) is 0 Å². The summed E-state index contributed by atoms with van der Waals surface area (Å²) in [6.07, 6.45) is 3.11. The highest BCUT2D eigenvalue weighted by Crippen LogP contribution is 2.60. The maximum absolute atomic E-state index is 12.0. The molecular formula is C13H17ClO2. The predicted octanol–water partition coefficient (Wildman–Crippen LogP) is 2.50. The van der Waals surface area contributed by atoms with Gasteiger partial charge in [0.15, 0.2) is 0 Å². The van der Waals surface area contributed by atoms with Crippen LogP contribution in [0.4, 0.5) is 0 Å². The molecule has 3 heteroatoms. The number of hydrogen-bond donors (Lipinski definition) is 1. The highest BCUT2D eigenvalue weighted by Gasteiger charge is 2.57. The molecule has 0 aromatic rings. The van der Waals surface area contributed by atoms with E-state index in [0.29, 0.717) is 30.5 Å². The SMILES string of the molecule is C/C(Cl)=C1/[C@H]2CC[C@@H]1[C@@H]1C(=O)CC[C@@H](O)[C@@H]12. The van der Waals surface area contributed by atoms with Crippen molar-refractivity contribution in [3.8, 4) is 0 Å². The Morgan fingerprint density at radius 3 is 2.62 bits per heavy atom. The largest absolute Gasteiger partial charge is 0.393 e. The fourth-order valence-corrected chi connectivity index (χ4v) is 4.62. The van der Waals surface area contributed by atoms with Crippen molar-refractivity contribution in [2.75, 3.05) is 0 Å². The first-order valence-corrected chi connectivity index (χ1v) is 6.56. The Labute approximate surface area is 101 Å². The zero-order valence-corrected chi connectivity index (χ0v) is 10.2. The van der Waals surface area contributed by atoms with Crippen molar-refractivity contribution in [1.29, 1.82) is 0 Å². The first kappa shape index (κ1) is 10.8. The minimum Gasteiger partial charge on any atom is -0.393 e. The van der Waals surface area contributed by atoms with E-state index in [1.807, 2.05) is 6.92 Å². The molecule has 0 aromatic carbocycles. The topological polar surface area (TPSA) is 37.3 Å². The van der Waals surface area contributed by atoms with Gasteiger partial charge in [0.25, 0.3) is 0 Å². The Morgan fingerprint density at radius 2 is 2.00 bits per heavy atom. The molecule has 3 rings (SSSR count). The number of allylic oxidation sites excluding steroid dienone is 2. The monoisotopic (exact) mass is 240 g/mol. The van der Waals surface area contributed by atoms with E-state index in [1.54, 1.807) is 0 Å². The molecule has 2 nitrogen and oxygen atoms in total. The lowest BCUT2D eigenvalue weighted by Crippen LogP contribution is -2.41. The van der Waals surface area contributed by atoms with Crippen LogP contribution in [0.25, 0.3) is 0 Å². The third-order valence-electron chi connectivity index (χ3n) is 4.80. The molecular weight excluding hydrogens is 224 g/mol. The van der Waals surface area contributed by atoms with Crippen molar-refractivity contribution in [3.05, 3.63) is 10.6 Å². The first-order valence-electron chi connectivity index (χ1n) is 6.18. The Kier molecular flexibility index (Phi) is 2.41. The van der Waals surface area contributed by atoms with Gasteiger partial charge in [-0.3, -0.25) is 4.79 Å². The summed E-state index contributed by atoms with van der Waals surface area (Å²) in [4.78, 5) is 12.0. The molecule has 0 amide bonds. The molecule has 0 radical (unpaired) electrons. The van der Waals surface area contributed by atoms with Crippen LogP contribution in [-0.2, 0) is 4.79 Å². The summed E-state index contributed by atoms with van der Waals surface area (Å²) >= 11 is 6.16. The number of carbonyl (C=O) groups excluding carboxylic acids is 1. The van der Waals surface area contributed by atoms with Gasteiger partial charge in [0.2, 0.25) is 0 Å². The molecule has 16 heavy (non-hydrogen) atoms. The van der Waals surface area contributed by atoms with Gasteiger partial charge in [0, 0.05) is 23.3 Å². The van der Waals surface area contributed by atoms with Crippen LogP contribution >= 0.6 is 11.6 Å². The third kappa shape index (κ3) is 1.26. The third-order valence-corrected chi connectivity index (χ3v) is 5.02. The second-order valence-electron chi connectivity index (χ2n) is 5.45. The number of aliphatic hydroxyl groups excluding tert-OH is 1. The Bertz CT molecular complexity index is 370. The van der Waals surface area contributed by atoms with Gasteiger partial charge in [-0.15, -0.1) is 0 Å². The fourth-order valence-electron chi connectivity index (χ4n) is 4.34. The van der Waals surface area contributed by atoms with E-state index in [1.165, 1.54) is 5.57 Å². The van der Waals surface area contributed by atoms with E-state index in [4.69, 9.17) is 11.6 Å². The number of Topliss-reactive ketones (excluding diaryl/α,β-unsaturated/α-hetero) is 1. The summed E-state index contributed by atoms with van der Waals surface area (Å²) in [5.41, 5.74) is 1.28. The quantitative estimate of drug-likeness (QED) is 0.707. The van der Waals surface area contributed by atoms with Gasteiger partial charge in [-0.05, 0) is 43.6 Å². The number of ketones is 1. The van der Waals surface area contributed by atoms with Crippen LogP contribution in [0.2, 0.25) is 0 Å². The highest BCUT2D eigenvalue weighted by molar-refractivity contribution is 6.29. The lowest BCUT2D eigenvalue weighted by molar-refractivity contribution is -0.133. The molecule has 0 aliphatic heterocycles. The number of rotatable bonds is 0. The van der Waals surface area contributed by atoms with Gasteiger partial charge in [-0.2, -0.15) is 0 Å². The van der Waals surface area contributed by atoms with Gasteiger partial charge in [0.05, 0.1) is 6.10 Å². The molecule has 3 saturated carbocycles. The second-order valence-corrected chi connectivity index (χ2v) is 6.02. The van der Waals surface area contributed by atoms with Crippen LogP contribution in [0, 0.1) is 23.7 Å². The zero-order valence-electron chi connectivity index (χ0n) is 9.45. The van der Waals surface area contributed by atoms with Crippen molar-refractivity contribution >= 4 is 17.4 Å². The standard InChI is InChI=1S/C13H17ClO2/c1-6(14)11-7-2-3-8(11)13-10(16)5-4-9(15)12(7)13/h7-9,12-13,15H,2-5H2,1H3/b11-6+/t7-,8+,9-,12+,13-/m1/s1. The number of carbonyl (C=O) groups is 1. The average molecular weight is 241 g/mol. The molecule has 0 spiro atoms. The average Bonchev–Trinajstić information content (AvgIpc) is 2.79. The zero-order chi connectivity index (χ0) is 11.4. The van der Waals surface area contributed by atoms with Crippen LogP contribution < -0.4 is 0 Å². The van der Waals surface area contributed by atoms with Crippen molar-refractivity contribution in [2.24, 2.45) is 23.7 Å². The van der Waals surface area contributed by atoms with Gasteiger partial charge < -0.3 is 5.11 Å². The normalized spacial score (nSPS) is 49.4. The lowest BCUT2D eigenvalue weighted by atomic mass is 9.69. The molecule has 1 N–H and O–H groups in total. The van der Waals surface area contributed by atoms with E-state index < -0.39 is 0 Å².